The summed E-state index contributed by atoms with van der Waals surface area (Å²) in [6.07, 6.45) is 5.07. The van der Waals surface area contributed by atoms with E-state index in [1.807, 2.05) is 42.5 Å². The molecule has 3 aromatic carbocycles. The van der Waals surface area contributed by atoms with Crippen LogP contribution in [0.3, 0.4) is 0 Å². The largest absolute Gasteiger partial charge is 0.463 e. The van der Waals surface area contributed by atoms with Crippen molar-refractivity contribution in [2.75, 3.05) is 0 Å². The van der Waals surface area contributed by atoms with E-state index in [9.17, 15) is 9.59 Å². The Morgan fingerprint density at radius 2 is 1.56 bits per heavy atom. The average Bonchev–Trinajstić information content (AvgIpc) is 3.04. The summed E-state index contributed by atoms with van der Waals surface area (Å²) in [4.78, 5) is 25.8. The number of furan rings is 1. The topological polar surface area (TPSA) is 47.3 Å². The minimum atomic E-state index is -0.262. The number of carbonyl (C=O) groups is 2. The first kappa shape index (κ1) is 15.5. The second-order valence-electron chi connectivity index (χ2n) is 6.50. The van der Waals surface area contributed by atoms with Crippen molar-refractivity contribution in [3.8, 4) is 11.1 Å². The highest BCUT2D eigenvalue weighted by molar-refractivity contribution is 6.32. The van der Waals surface area contributed by atoms with Crippen LogP contribution in [0.2, 0.25) is 0 Å². The molecule has 27 heavy (non-hydrogen) atoms. The summed E-state index contributed by atoms with van der Waals surface area (Å²) in [5.74, 6) is -0.524. The zero-order valence-electron chi connectivity index (χ0n) is 14.3. The molecule has 0 N–H and O–H groups in total. The smallest absolute Gasteiger partial charge is 0.197 e. The summed E-state index contributed by atoms with van der Waals surface area (Å²) >= 11 is 0. The van der Waals surface area contributed by atoms with Crippen LogP contribution in [0, 0.1) is 0 Å². The van der Waals surface area contributed by atoms with Gasteiger partial charge in [-0.25, -0.2) is 0 Å². The Balaban J connectivity index is 1.68. The van der Waals surface area contributed by atoms with Crippen molar-refractivity contribution < 1.29 is 14.0 Å². The molecule has 3 heteroatoms. The van der Waals surface area contributed by atoms with E-state index in [-0.39, 0.29) is 17.1 Å². The van der Waals surface area contributed by atoms with E-state index in [0.29, 0.717) is 16.7 Å². The van der Waals surface area contributed by atoms with Crippen LogP contribution in [0.15, 0.2) is 89.1 Å². The second kappa shape index (κ2) is 5.92. The monoisotopic (exact) mass is 350 g/mol. The van der Waals surface area contributed by atoms with Gasteiger partial charge in [0.2, 0.25) is 0 Å². The normalized spacial score (nSPS) is 13.2. The van der Waals surface area contributed by atoms with Gasteiger partial charge in [0.05, 0.1) is 11.8 Å². The van der Waals surface area contributed by atoms with Crippen LogP contribution in [-0.4, -0.2) is 11.6 Å². The lowest BCUT2D eigenvalue weighted by atomic mass is 9.88. The molecule has 1 aromatic heterocycles. The molecular formula is C24H14O3. The zero-order chi connectivity index (χ0) is 18.4. The Morgan fingerprint density at radius 3 is 2.30 bits per heavy atom. The molecule has 4 aromatic rings. The van der Waals surface area contributed by atoms with E-state index in [2.05, 4.69) is 0 Å². The van der Waals surface area contributed by atoms with E-state index in [1.54, 1.807) is 42.7 Å². The molecule has 1 aliphatic carbocycles. The molecule has 0 aliphatic heterocycles. The second-order valence-corrected chi connectivity index (χ2v) is 6.50. The standard InChI is InChI=1S/C24H14O3/c25-22(16-9-5-2-6-10-16)19-12-11-18-20(23(19)26)13-17-14-27-24(18)21(17)15-7-3-1-4-8-15/h1-14H. The van der Waals surface area contributed by atoms with Crippen molar-refractivity contribution in [1.82, 2.24) is 0 Å². The van der Waals surface area contributed by atoms with Crippen molar-refractivity contribution in [2.24, 2.45) is 0 Å². The summed E-state index contributed by atoms with van der Waals surface area (Å²) in [5, 5.41) is 1.58. The molecule has 0 atom stereocenters. The van der Waals surface area contributed by atoms with Gasteiger partial charge in [-0.05, 0) is 23.8 Å². The van der Waals surface area contributed by atoms with Crippen molar-refractivity contribution in [3.63, 3.8) is 0 Å². The lowest BCUT2D eigenvalue weighted by Gasteiger charge is -2.12. The predicted molar refractivity (Wildman–Crippen MR) is 105 cm³/mol. The van der Waals surface area contributed by atoms with Gasteiger partial charge in [-0.2, -0.15) is 0 Å². The number of benzene rings is 3. The Labute approximate surface area is 155 Å². The lowest BCUT2D eigenvalue weighted by molar-refractivity contribution is 0.0961. The first-order chi connectivity index (χ1) is 13.2. The van der Waals surface area contributed by atoms with Gasteiger partial charge in [-0.1, -0.05) is 60.7 Å². The molecule has 0 amide bonds. The third-order valence-electron chi connectivity index (χ3n) is 4.90. The minimum absolute atomic E-state index is 0.181. The number of carbonyl (C=O) groups excluding carboxylic acids is 2. The molecule has 2 bridgehead atoms. The van der Waals surface area contributed by atoms with Crippen LogP contribution in [0.4, 0.5) is 0 Å². The first-order valence-electron chi connectivity index (χ1n) is 8.70. The molecule has 5 rings (SSSR count). The summed E-state index contributed by atoms with van der Waals surface area (Å²) < 4.78 is 5.77. The van der Waals surface area contributed by atoms with Gasteiger partial charge >= 0.3 is 0 Å². The molecule has 0 saturated carbocycles. The molecule has 1 aliphatic rings. The molecule has 3 nitrogen and oxygen atoms in total. The Hall–Kier alpha value is -3.72. The van der Waals surface area contributed by atoms with Crippen molar-refractivity contribution in [2.45, 2.75) is 0 Å². The van der Waals surface area contributed by atoms with Gasteiger partial charge < -0.3 is 4.42 Å². The predicted octanol–water partition coefficient (Wildman–Crippen LogP) is 4.60. The minimum Gasteiger partial charge on any atom is -0.463 e. The number of hydrogen-bond acceptors (Lipinski definition) is 3. The van der Waals surface area contributed by atoms with Crippen LogP contribution in [0.1, 0.15) is 20.7 Å². The third kappa shape index (κ3) is 2.36. The number of ketones is 2. The number of fused-ring (bicyclic) bond motifs is 4. The molecule has 1 heterocycles. The SMILES string of the molecule is O=C(C1=CC=c2c(cc3coc2c3-c2ccccc2)C1=O)c1ccccc1. The first-order valence-corrected chi connectivity index (χ1v) is 8.70. The zero-order valence-corrected chi connectivity index (χ0v) is 14.3. The van der Waals surface area contributed by atoms with Gasteiger partial charge in [0.25, 0.3) is 0 Å². The quantitative estimate of drug-likeness (QED) is 0.401. The summed E-state index contributed by atoms with van der Waals surface area (Å²) in [6, 6.07) is 20.6. The van der Waals surface area contributed by atoms with Gasteiger partial charge in [0, 0.05) is 27.3 Å². The fraction of sp³-hybridized carbons (Fsp3) is 0. The number of hydrogen-bond donors (Lipinski definition) is 0. The van der Waals surface area contributed by atoms with Crippen LogP contribution < -0.4 is 5.22 Å². The van der Waals surface area contributed by atoms with E-state index in [0.717, 1.165) is 21.7 Å². The van der Waals surface area contributed by atoms with E-state index < -0.39 is 0 Å². The van der Waals surface area contributed by atoms with Gasteiger partial charge in [0.15, 0.2) is 11.6 Å². The van der Waals surface area contributed by atoms with Crippen molar-refractivity contribution >= 4 is 28.6 Å². The highest BCUT2D eigenvalue weighted by Crippen LogP contribution is 2.32. The van der Waals surface area contributed by atoms with Crippen LogP contribution >= 0.6 is 0 Å². The highest BCUT2D eigenvalue weighted by atomic mass is 16.3. The highest BCUT2D eigenvalue weighted by Gasteiger charge is 2.27. The summed E-state index contributed by atoms with van der Waals surface area (Å²) in [5.41, 5.74) is 3.88. The van der Waals surface area contributed by atoms with E-state index in [1.165, 1.54) is 0 Å². The van der Waals surface area contributed by atoms with Crippen LogP contribution in [0.25, 0.3) is 28.2 Å². The lowest BCUT2D eigenvalue weighted by Crippen LogP contribution is -2.24. The fourth-order valence-electron chi connectivity index (χ4n) is 3.60. The van der Waals surface area contributed by atoms with E-state index >= 15 is 0 Å². The average molecular weight is 350 g/mol. The van der Waals surface area contributed by atoms with Crippen LogP contribution in [0.5, 0.6) is 0 Å². The Morgan fingerprint density at radius 1 is 0.852 bits per heavy atom. The maximum Gasteiger partial charge on any atom is 0.197 e. The molecule has 0 radical (unpaired) electrons. The number of Topliss-reactive ketones (excluding diaryl/α,β-unsaturated/α-hetero) is 2. The van der Waals surface area contributed by atoms with E-state index in [4.69, 9.17) is 4.42 Å². The molecule has 128 valence electrons. The van der Waals surface area contributed by atoms with Gasteiger partial charge in [-0.3, -0.25) is 9.59 Å². The number of allylic oxidation sites excluding steroid dienone is 2. The molecule has 0 fully saturated rings. The van der Waals surface area contributed by atoms with Crippen LogP contribution in [-0.2, 0) is 0 Å². The molecule has 0 saturated heterocycles. The van der Waals surface area contributed by atoms with Gasteiger partial charge in [0.1, 0.15) is 5.58 Å². The van der Waals surface area contributed by atoms with Gasteiger partial charge in [-0.15, -0.1) is 0 Å². The fourth-order valence-corrected chi connectivity index (χ4v) is 3.60. The maximum atomic E-state index is 13.0. The summed E-state index contributed by atoms with van der Waals surface area (Å²) in [6.45, 7) is 0. The van der Waals surface area contributed by atoms with Crippen molar-refractivity contribution in [3.05, 3.63) is 101 Å². The summed E-state index contributed by atoms with van der Waals surface area (Å²) in [7, 11) is 0. The number of rotatable bonds is 3. The Bertz CT molecular complexity index is 1280. The Kier molecular flexibility index (Phi) is 3.41. The molecule has 0 spiro atoms. The molecular weight excluding hydrogens is 336 g/mol. The molecule has 0 unspecified atom stereocenters. The third-order valence-corrected chi connectivity index (χ3v) is 4.90. The van der Waals surface area contributed by atoms with Crippen molar-refractivity contribution in [1.29, 1.82) is 0 Å². The maximum absolute atomic E-state index is 13.0.